The van der Waals surface area contributed by atoms with Gasteiger partial charge in [-0.25, -0.2) is 0 Å². The lowest BCUT2D eigenvalue weighted by atomic mass is 9.70. The molecule has 0 amide bonds. The quantitative estimate of drug-likeness (QED) is 0.507. The van der Waals surface area contributed by atoms with Gasteiger partial charge in [-0.2, -0.15) is 0 Å². The van der Waals surface area contributed by atoms with E-state index in [1.165, 1.54) is 88.2 Å². The maximum atomic E-state index is 3.82. The van der Waals surface area contributed by atoms with Crippen LogP contribution in [0.15, 0.2) is 48.5 Å². The van der Waals surface area contributed by atoms with Crippen molar-refractivity contribution >= 4 is 0 Å². The van der Waals surface area contributed by atoms with Gasteiger partial charge in [0.1, 0.15) is 0 Å². The smallest absolute Gasteiger partial charge is 0.0243 e. The fraction of sp³-hybridized carbons (Fsp3) is 0.613. The van der Waals surface area contributed by atoms with Gasteiger partial charge in [0.05, 0.1) is 0 Å². The fourth-order valence-corrected chi connectivity index (χ4v) is 7.08. The minimum absolute atomic E-state index is 0.384. The van der Waals surface area contributed by atoms with Crippen LogP contribution in [0.4, 0.5) is 0 Å². The molecule has 2 aromatic carbocycles. The van der Waals surface area contributed by atoms with E-state index in [0.717, 1.165) is 6.54 Å². The largest absolute Gasteiger partial charge is 0.313 e. The number of rotatable bonds is 5. The number of nitrogens with one attached hydrogen (secondary N) is 1. The Kier molecular flexibility index (Phi) is 6.48. The molecule has 1 N–H and O–H groups in total. The van der Waals surface area contributed by atoms with Crippen LogP contribution in [0.3, 0.4) is 0 Å². The molecule has 0 spiro atoms. The summed E-state index contributed by atoms with van der Waals surface area (Å²) in [5.41, 5.74) is 6.86. The second-order valence-corrected chi connectivity index (χ2v) is 11.7. The van der Waals surface area contributed by atoms with Gasteiger partial charge in [0, 0.05) is 12.0 Å². The molecule has 0 aromatic heterocycles. The Morgan fingerprint density at radius 2 is 1.06 bits per heavy atom. The lowest BCUT2D eigenvalue weighted by Crippen LogP contribution is -2.30. The molecule has 2 aromatic rings. The summed E-state index contributed by atoms with van der Waals surface area (Å²) in [6, 6.07) is 20.2. The lowest BCUT2D eigenvalue weighted by molar-refractivity contribution is 0.319. The van der Waals surface area contributed by atoms with Crippen LogP contribution in [-0.4, -0.2) is 12.6 Å². The first-order valence-corrected chi connectivity index (χ1v) is 13.5. The van der Waals surface area contributed by atoms with Crippen molar-refractivity contribution in [3.63, 3.8) is 0 Å². The zero-order valence-corrected chi connectivity index (χ0v) is 20.5. The summed E-state index contributed by atoms with van der Waals surface area (Å²) in [6.45, 7) is 6.14. The van der Waals surface area contributed by atoms with Crippen molar-refractivity contribution in [3.8, 4) is 0 Å². The van der Waals surface area contributed by atoms with Gasteiger partial charge in [0.15, 0.2) is 0 Å². The fourth-order valence-electron chi connectivity index (χ4n) is 7.08. The summed E-state index contributed by atoms with van der Waals surface area (Å²) < 4.78 is 0. The second-order valence-electron chi connectivity index (χ2n) is 11.7. The lowest BCUT2D eigenvalue weighted by Gasteiger charge is -2.35. The van der Waals surface area contributed by atoms with E-state index in [2.05, 4.69) is 67.7 Å². The number of hydrogen-bond donors (Lipinski definition) is 1. The zero-order valence-electron chi connectivity index (χ0n) is 20.5. The highest BCUT2D eigenvalue weighted by Crippen LogP contribution is 2.42. The van der Waals surface area contributed by atoms with Gasteiger partial charge in [0.2, 0.25) is 0 Å². The Balaban J connectivity index is 1.42. The Bertz CT molecular complexity index is 792. The van der Waals surface area contributed by atoms with Crippen LogP contribution in [0.5, 0.6) is 0 Å². The molecule has 1 unspecified atom stereocenters. The van der Waals surface area contributed by atoms with E-state index in [4.69, 9.17) is 0 Å². The van der Waals surface area contributed by atoms with E-state index in [1.54, 1.807) is 11.1 Å². The van der Waals surface area contributed by atoms with Crippen LogP contribution in [0.1, 0.15) is 119 Å². The molecule has 1 heteroatoms. The highest BCUT2D eigenvalue weighted by atomic mass is 14.9. The van der Waals surface area contributed by atoms with Gasteiger partial charge in [0.25, 0.3) is 0 Å². The summed E-state index contributed by atoms with van der Waals surface area (Å²) >= 11 is 0. The normalized spacial score (nSPS) is 25.2. The van der Waals surface area contributed by atoms with Crippen molar-refractivity contribution < 1.29 is 0 Å². The van der Waals surface area contributed by atoms with Gasteiger partial charge in [-0.3, -0.25) is 0 Å². The first-order valence-electron chi connectivity index (χ1n) is 13.5. The van der Waals surface area contributed by atoms with Crippen molar-refractivity contribution in [2.45, 2.75) is 114 Å². The average molecular weight is 430 g/mol. The summed E-state index contributed by atoms with van der Waals surface area (Å²) in [5, 5.41) is 3.82. The van der Waals surface area contributed by atoms with Crippen LogP contribution >= 0.6 is 0 Å². The van der Waals surface area contributed by atoms with E-state index in [-0.39, 0.29) is 0 Å². The predicted octanol–water partition coefficient (Wildman–Crippen LogP) is 8.01. The summed E-state index contributed by atoms with van der Waals surface area (Å²) in [4.78, 5) is 0. The van der Waals surface area contributed by atoms with E-state index >= 15 is 0 Å². The molecule has 3 aliphatic rings. The standard InChI is InChI=1S/C31H43N/c1-30(19-5-3-6-20-30)26-15-11-24(12-16-26)29(28-10-9-23-32-28)25-13-17-27(18-14-25)31(2)21-7-4-8-22-31/h11-18,28-29,32H,3-10,19-23H2,1-2H3. The third-order valence-electron chi connectivity index (χ3n) is 9.35. The van der Waals surface area contributed by atoms with Crippen molar-refractivity contribution in [3.05, 3.63) is 70.8 Å². The second kappa shape index (κ2) is 9.34. The van der Waals surface area contributed by atoms with Crippen LogP contribution < -0.4 is 5.32 Å². The molecule has 0 bridgehead atoms. The van der Waals surface area contributed by atoms with Crippen molar-refractivity contribution in [2.75, 3.05) is 6.54 Å². The molecule has 2 aliphatic carbocycles. The third kappa shape index (κ3) is 4.43. The van der Waals surface area contributed by atoms with Gasteiger partial charge < -0.3 is 5.32 Å². The van der Waals surface area contributed by atoms with Crippen LogP contribution in [-0.2, 0) is 10.8 Å². The van der Waals surface area contributed by atoms with E-state index < -0.39 is 0 Å². The minimum atomic E-state index is 0.384. The summed E-state index contributed by atoms with van der Waals surface area (Å²) in [6.07, 6.45) is 16.3. The molecule has 1 nitrogen and oxygen atoms in total. The van der Waals surface area contributed by atoms with E-state index in [0.29, 0.717) is 22.8 Å². The molecule has 3 fully saturated rings. The molecule has 5 rings (SSSR count). The monoisotopic (exact) mass is 429 g/mol. The molecule has 2 saturated carbocycles. The minimum Gasteiger partial charge on any atom is -0.313 e. The van der Waals surface area contributed by atoms with Crippen LogP contribution in [0.2, 0.25) is 0 Å². The van der Waals surface area contributed by atoms with Gasteiger partial charge >= 0.3 is 0 Å². The molecular formula is C31H43N. The third-order valence-corrected chi connectivity index (χ3v) is 9.35. The SMILES string of the molecule is CC1(c2ccc(C(c3ccc(C4(C)CCCCC4)cc3)C3CCCN3)cc2)CCCCC1. The summed E-state index contributed by atoms with van der Waals surface area (Å²) in [7, 11) is 0. The Hall–Kier alpha value is -1.60. The molecular weight excluding hydrogens is 386 g/mol. The average Bonchev–Trinajstić information content (AvgIpc) is 3.35. The van der Waals surface area contributed by atoms with Gasteiger partial charge in [-0.15, -0.1) is 0 Å². The predicted molar refractivity (Wildman–Crippen MR) is 137 cm³/mol. The Morgan fingerprint density at radius 1 is 0.625 bits per heavy atom. The number of benzene rings is 2. The Labute approximate surface area is 196 Å². The molecule has 1 saturated heterocycles. The zero-order chi connectivity index (χ0) is 22.0. The van der Waals surface area contributed by atoms with Crippen molar-refractivity contribution in [2.24, 2.45) is 0 Å². The number of hydrogen-bond acceptors (Lipinski definition) is 1. The molecule has 172 valence electrons. The highest BCUT2D eigenvalue weighted by Gasteiger charge is 2.32. The summed E-state index contributed by atoms with van der Waals surface area (Å²) in [5.74, 6) is 0.457. The molecule has 1 atom stereocenters. The van der Waals surface area contributed by atoms with Crippen molar-refractivity contribution in [1.82, 2.24) is 5.32 Å². The maximum Gasteiger partial charge on any atom is 0.0243 e. The van der Waals surface area contributed by atoms with Crippen molar-refractivity contribution in [1.29, 1.82) is 0 Å². The molecule has 1 heterocycles. The highest BCUT2D eigenvalue weighted by molar-refractivity contribution is 5.40. The first kappa shape index (κ1) is 22.2. The van der Waals surface area contributed by atoms with Crippen LogP contribution in [0.25, 0.3) is 0 Å². The van der Waals surface area contributed by atoms with Crippen LogP contribution in [0, 0.1) is 0 Å². The molecule has 32 heavy (non-hydrogen) atoms. The maximum absolute atomic E-state index is 3.82. The molecule has 0 radical (unpaired) electrons. The van der Waals surface area contributed by atoms with Gasteiger partial charge in [-0.1, -0.05) is 101 Å². The Morgan fingerprint density at radius 3 is 1.44 bits per heavy atom. The van der Waals surface area contributed by atoms with E-state index in [9.17, 15) is 0 Å². The topological polar surface area (TPSA) is 12.0 Å². The van der Waals surface area contributed by atoms with E-state index in [1.807, 2.05) is 0 Å². The molecule has 1 aliphatic heterocycles. The van der Waals surface area contributed by atoms with Gasteiger partial charge in [-0.05, 0) is 78.2 Å². The first-order chi connectivity index (χ1) is 15.6.